The highest BCUT2D eigenvalue weighted by molar-refractivity contribution is 5.32. The summed E-state index contributed by atoms with van der Waals surface area (Å²) in [5, 5.41) is 0. The lowest BCUT2D eigenvalue weighted by Gasteiger charge is -2.09. The third-order valence-corrected chi connectivity index (χ3v) is 2.99. The molecule has 112 valence electrons. The van der Waals surface area contributed by atoms with Gasteiger partial charge in [0, 0.05) is 6.07 Å². The van der Waals surface area contributed by atoms with Crippen LogP contribution in [0.25, 0.3) is 0 Å². The zero-order valence-electron chi connectivity index (χ0n) is 11.7. The van der Waals surface area contributed by atoms with Gasteiger partial charge in [0.2, 0.25) is 0 Å². The maximum Gasteiger partial charge on any atom is 0.165 e. The van der Waals surface area contributed by atoms with Crippen LogP contribution in [-0.2, 0) is 13.0 Å². The Morgan fingerprint density at radius 2 is 1.86 bits per heavy atom. The van der Waals surface area contributed by atoms with Gasteiger partial charge in [-0.1, -0.05) is 6.07 Å². The van der Waals surface area contributed by atoms with Crippen LogP contribution in [0, 0.1) is 11.6 Å². The molecule has 21 heavy (non-hydrogen) atoms. The van der Waals surface area contributed by atoms with Crippen LogP contribution in [-0.4, -0.2) is 13.7 Å². The standard InChI is InChI=1S/C16H17F2NO2/c1-20-16-3-2-12(8-15(16)18)10-21-14-7-11(4-5-19)6-13(17)9-14/h2-3,6-9H,4-5,10,19H2,1H3. The molecule has 0 heterocycles. The highest BCUT2D eigenvalue weighted by Crippen LogP contribution is 2.21. The van der Waals surface area contributed by atoms with Crippen LogP contribution in [0.3, 0.4) is 0 Å². The normalized spacial score (nSPS) is 10.5. The summed E-state index contributed by atoms with van der Waals surface area (Å²) in [6.45, 7) is 0.582. The summed E-state index contributed by atoms with van der Waals surface area (Å²) in [4.78, 5) is 0. The molecular formula is C16H17F2NO2. The predicted molar refractivity (Wildman–Crippen MR) is 76.4 cm³/mol. The number of nitrogens with two attached hydrogens (primary N) is 1. The van der Waals surface area contributed by atoms with E-state index in [1.807, 2.05) is 0 Å². The van der Waals surface area contributed by atoms with Gasteiger partial charge in [-0.25, -0.2) is 8.78 Å². The summed E-state index contributed by atoms with van der Waals surface area (Å²) in [6, 6.07) is 9.00. The topological polar surface area (TPSA) is 44.5 Å². The van der Waals surface area contributed by atoms with Crippen LogP contribution in [0.1, 0.15) is 11.1 Å². The van der Waals surface area contributed by atoms with Crippen molar-refractivity contribution in [2.24, 2.45) is 5.73 Å². The molecule has 2 aromatic rings. The van der Waals surface area contributed by atoms with E-state index in [0.717, 1.165) is 5.56 Å². The van der Waals surface area contributed by atoms with Crippen molar-refractivity contribution in [3.8, 4) is 11.5 Å². The first kappa shape index (κ1) is 15.3. The summed E-state index contributed by atoms with van der Waals surface area (Å²) < 4.78 is 37.3. The lowest BCUT2D eigenvalue weighted by Crippen LogP contribution is -2.04. The molecule has 5 heteroatoms. The molecule has 0 bridgehead atoms. The molecule has 0 amide bonds. The Labute approximate surface area is 122 Å². The molecular weight excluding hydrogens is 276 g/mol. The Morgan fingerprint density at radius 1 is 1.05 bits per heavy atom. The van der Waals surface area contributed by atoms with Crippen LogP contribution in [0.5, 0.6) is 11.5 Å². The second-order valence-corrected chi connectivity index (χ2v) is 4.59. The van der Waals surface area contributed by atoms with Crippen molar-refractivity contribution < 1.29 is 18.3 Å². The van der Waals surface area contributed by atoms with Gasteiger partial charge < -0.3 is 15.2 Å². The molecule has 2 N–H and O–H groups in total. The highest BCUT2D eigenvalue weighted by atomic mass is 19.1. The van der Waals surface area contributed by atoms with E-state index < -0.39 is 5.82 Å². The van der Waals surface area contributed by atoms with Crippen molar-refractivity contribution in [3.63, 3.8) is 0 Å². The molecule has 0 unspecified atom stereocenters. The number of ether oxygens (including phenoxy) is 2. The van der Waals surface area contributed by atoms with E-state index >= 15 is 0 Å². The fourth-order valence-corrected chi connectivity index (χ4v) is 1.98. The van der Waals surface area contributed by atoms with Crippen molar-refractivity contribution >= 4 is 0 Å². The Morgan fingerprint density at radius 3 is 2.52 bits per heavy atom. The fraction of sp³-hybridized carbons (Fsp3) is 0.250. The largest absolute Gasteiger partial charge is 0.494 e. The average Bonchev–Trinajstić information content (AvgIpc) is 2.45. The second kappa shape index (κ2) is 7.04. The SMILES string of the molecule is COc1ccc(COc2cc(F)cc(CCN)c2)cc1F. The zero-order chi connectivity index (χ0) is 15.2. The van der Waals surface area contributed by atoms with E-state index in [2.05, 4.69) is 0 Å². The monoisotopic (exact) mass is 293 g/mol. The van der Waals surface area contributed by atoms with Gasteiger partial charge in [0.05, 0.1) is 7.11 Å². The Hall–Kier alpha value is -2.14. The van der Waals surface area contributed by atoms with Gasteiger partial charge in [-0.2, -0.15) is 0 Å². The Balaban J connectivity index is 2.07. The fourth-order valence-electron chi connectivity index (χ4n) is 1.98. The predicted octanol–water partition coefficient (Wildman–Crippen LogP) is 3.05. The second-order valence-electron chi connectivity index (χ2n) is 4.59. The van der Waals surface area contributed by atoms with E-state index in [1.165, 1.54) is 31.4 Å². The van der Waals surface area contributed by atoms with Gasteiger partial charge in [0.25, 0.3) is 0 Å². The molecule has 0 radical (unpaired) electrons. The minimum Gasteiger partial charge on any atom is -0.494 e. The van der Waals surface area contributed by atoms with Crippen LogP contribution >= 0.6 is 0 Å². The summed E-state index contributed by atoms with van der Waals surface area (Å²) in [5.41, 5.74) is 6.86. The van der Waals surface area contributed by atoms with Gasteiger partial charge in [0.1, 0.15) is 18.2 Å². The van der Waals surface area contributed by atoms with Crippen molar-refractivity contribution in [3.05, 3.63) is 59.2 Å². The van der Waals surface area contributed by atoms with Crippen LogP contribution < -0.4 is 15.2 Å². The van der Waals surface area contributed by atoms with E-state index in [0.29, 0.717) is 24.3 Å². The van der Waals surface area contributed by atoms with Crippen molar-refractivity contribution in [2.75, 3.05) is 13.7 Å². The molecule has 0 spiro atoms. The number of hydrogen-bond acceptors (Lipinski definition) is 3. The first-order valence-electron chi connectivity index (χ1n) is 6.57. The summed E-state index contributed by atoms with van der Waals surface area (Å²) >= 11 is 0. The molecule has 0 aliphatic carbocycles. The lowest BCUT2D eigenvalue weighted by atomic mass is 10.1. The van der Waals surface area contributed by atoms with Crippen LogP contribution in [0.4, 0.5) is 8.78 Å². The Bertz CT molecular complexity index is 617. The Kier molecular flexibility index (Phi) is 5.11. The van der Waals surface area contributed by atoms with Crippen molar-refractivity contribution in [2.45, 2.75) is 13.0 Å². The molecule has 2 aromatic carbocycles. The van der Waals surface area contributed by atoms with Crippen molar-refractivity contribution in [1.82, 2.24) is 0 Å². The minimum absolute atomic E-state index is 0.145. The number of methoxy groups -OCH3 is 1. The molecule has 0 saturated carbocycles. The smallest absolute Gasteiger partial charge is 0.165 e. The average molecular weight is 293 g/mol. The number of hydrogen-bond donors (Lipinski definition) is 1. The minimum atomic E-state index is -0.457. The highest BCUT2D eigenvalue weighted by Gasteiger charge is 2.06. The molecule has 0 aliphatic rings. The molecule has 0 aliphatic heterocycles. The molecule has 0 atom stereocenters. The van der Waals surface area contributed by atoms with E-state index in [1.54, 1.807) is 12.1 Å². The van der Waals surface area contributed by atoms with Gasteiger partial charge in [-0.3, -0.25) is 0 Å². The van der Waals surface area contributed by atoms with Crippen LogP contribution in [0.15, 0.2) is 36.4 Å². The quantitative estimate of drug-likeness (QED) is 0.890. The van der Waals surface area contributed by atoms with Gasteiger partial charge in [0.15, 0.2) is 11.6 Å². The molecule has 2 rings (SSSR count). The maximum atomic E-state index is 13.6. The molecule has 0 saturated heterocycles. The number of halogens is 2. The third-order valence-electron chi connectivity index (χ3n) is 2.99. The van der Waals surface area contributed by atoms with Gasteiger partial charge >= 0.3 is 0 Å². The molecule has 0 aromatic heterocycles. The molecule has 0 fully saturated rings. The first-order chi connectivity index (χ1) is 10.1. The van der Waals surface area contributed by atoms with Gasteiger partial charge in [-0.05, 0) is 48.4 Å². The lowest BCUT2D eigenvalue weighted by molar-refractivity contribution is 0.303. The third kappa shape index (κ3) is 4.16. The summed E-state index contributed by atoms with van der Waals surface area (Å²) in [5.74, 6) is -0.261. The summed E-state index contributed by atoms with van der Waals surface area (Å²) in [7, 11) is 1.40. The van der Waals surface area contributed by atoms with Crippen LogP contribution in [0.2, 0.25) is 0 Å². The number of rotatable bonds is 6. The van der Waals surface area contributed by atoms with E-state index in [9.17, 15) is 8.78 Å². The number of benzene rings is 2. The van der Waals surface area contributed by atoms with Crippen molar-refractivity contribution in [1.29, 1.82) is 0 Å². The maximum absolute atomic E-state index is 13.6. The summed E-state index contributed by atoms with van der Waals surface area (Å²) in [6.07, 6.45) is 0.575. The van der Waals surface area contributed by atoms with E-state index in [4.69, 9.17) is 15.2 Å². The molecule has 3 nitrogen and oxygen atoms in total. The van der Waals surface area contributed by atoms with Gasteiger partial charge in [-0.15, -0.1) is 0 Å². The van der Waals surface area contributed by atoms with E-state index in [-0.39, 0.29) is 18.2 Å². The first-order valence-corrected chi connectivity index (χ1v) is 6.57. The zero-order valence-corrected chi connectivity index (χ0v) is 11.7.